The first-order valence-corrected chi connectivity index (χ1v) is 21.3. The summed E-state index contributed by atoms with van der Waals surface area (Å²) in [5.74, 6) is -2.22. The number of carbonyl (C=O) groups excluding carboxylic acids is 3. The third kappa shape index (κ3) is 9.76. The molecule has 2 aliphatic heterocycles. The summed E-state index contributed by atoms with van der Waals surface area (Å²) in [5.41, 5.74) is 0.957. The highest BCUT2D eigenvalue weighted by Crippen LogP contribution is 2.53. The molecule has 0 bridgehead atoms. The summed E-state index contributed by atoms with van der Waals surface area (Å²) in [7, 11) is -1.89. The molecule has 0 aromatic heterocycles. The molecule has 1 unspecified atom stereocenters. The van der Waals surface area contributed by atoms with E-state index in [1.165, 1.54) is 19.2 Å². The fourth-order valence-corrected chi connectivity index (χ4v) is 10.2. The Morgan fingerprint density at radius 2 is 1.66 bits per heavy atom. The van der Waals surface area contributed by atoms with Crippen LogP contribution in [0.4, 0.5) is 4.79 Å². The van der Waals surface area contributed by atoms with Gasteiger partial charge in [0.1, 0.15) is 17.1 Å². The van der Waals surface area contributed by atoms with Crippen LogP contribution in [0.25, 0.3) is 0 Å². The number of rotatable bonds is 13. The first-order valence-electron chi connectivity index (χ1n) is 18.8. The largest absolute Gasteiger partial charge is 0.496 e. The molecular formula is C42H51Cl2N3O8S. The van der Waals surface area contributed by atoms with Gasteiger partial charge in [0, 0.05) is 53.2 Å². The van der Waals surface area contributed by atoms with E-state index in [-0.39, 0.29) is 59.9 Å². The van der Waals surface area contributed by atoms with Gasteiger partial charge in [0.15, 0.2) is 0 Å². The Balaban J connectivity index is 1.63. The summed E-state index contributed by atoms with van der Waals surface area (Å²) in [6.07, 6.45) is 0.103. The highest BCUT2D eigenvalue weighted by molar-refractivity contribution is 7.94. The summed E-state index contributed by atoms with van der Waals surface area (Å²) in [5, 5.41) is 10.1. The molecule has 11 nitrogen and oxygen atoms in total. The Kier molecular flexibility index (Phi) is 13.9. The number of halogens is 2. The lowest BCUT2D eigenvalue weighted by Gasteiger charge is -2.53. The molecule has 1 N–H and O–H groups in total. The highest BCUT2D eigenvalue weighted by Gasteiger charge is 2.53. The van der Waals surface area contributed by atoms with Crippen LogP contribution in [0.2, 0.25) is 10.0 Å². The number of carboxylic acid groups (broad SMARTS) is 1. The lowest BCUT2D eigenvalue weighted by atomic mass is 9.66. The second kappa shape index (κ2) is 18.1. The van der Waals surface area contributed by atoms with Gasteiger partial charge in [-0.15, -0.1) is 4.36 Å². The number of carboxylic acids is 1. The van der Waals surface area contributed by atoms with Crippen molar-refractivity contribution in [1.82, 2.24) is 9.80 Å². The molecule has 2 saturated heterocycles. The number of benzene rings is 3. The summed E-state index contributed by atoms with van der Waals surface area (Å²) in [4.78, 5) is 58.1. The van der Waals surface area contributed by atoms with E-state index in [4.69, 9.17) is 32.7 Å². The number of aromatic carboxylic acids is 1. The number of ketones is 1. The molecule has 2 fully saturated rings. The van der Waals surface area contributed by atoms with Gasteiger partial charge in [-0.1, -0.05) is 88.2 Å². The van der Waals surface area contributed by atoms with E-state index in [2.05, 4.69) is 4.36 Å². The van der Waals surface area contributed by atoms with Crippen molar-refractivity contribution >= 4 is 56.6 Å². The van der Waals surface area contributed by atoms with Crippen molar-refractivity contribution in [3.63, 3.8) is 0 Å². The first-order chi connectivity index (χ1) is 26.5. The monoisotopic (exact) mass is 827 g/mol. The Morgan fingerprint density at radius 3 is 2.25 bits per heavy atom. The Labute approximate surface area is 339 Å². The summed E-state index contributed by atoms with van der Waals surface area (Å²) < 4.78 is 30.2. The Hall–Kier alpha value is -3.97. The van der Waals surface area contributed by atoms with Crippen LogP contribution in [0.3, 0.4) is 0 Å². The highest BCUT2D eigenvalue weighted by atomic mass is 35.5. The summed E-state index contributed by atoms with van der Waals surface area (Å²) >= 11 is 13.0. The average molecular weight is 829 g/mol. The second-order valence-electron chi connectivity index (χ2n) is 15.6. The van der Waals surface area contributed by atoms with Crippen molar-refractivity contribution in [2.45, 2.75) is 77.1 Å². The van der Waals surface area contributed by atoms with Gasteiger partial charge in [0.25, 0.3) is 0 Å². The molecular weight excluding hydrogens is 777 g/mol. The number of likely N-dealkylation sites (tertiary alicyclic amines) is 1. The van der Waals surface area contributed by atoms with Crippen molar-refractivity contribution in [2.24, 2.45) is 15.7 Å². The number of morpholine rings is 1. The zero-order valence-electron chi connectivity index (χ0n) is 32.7. The second-order valence-corrected chi connectivity index (χ2v) is 19.3. The standard InChI is InChI=1S/C42H51Cl2N3O8S/c1-26(2)36(25-56(53,27(3)4)45-41(52)46-16-18-55-19-17-46)47-38(29-11-13-31(43)14-12-29)35(30-8-7-9-32(44)22-30)24-42(5,40(47)51)23-33(48)20-28-10-15-34(39(49)50)37(21-28)54-6/h7-15,21-22,26-27,35-36,38H,16-20,23-25H2,1-6H3,(H,49,50)/t35-,36-,38-,42+,56?/m1/s1. The van der Waals surface area contributed by atoms with Crippen LogP contribution in [-0.2, 0) is 30.5 Å². The van der Waals surface area contributed by atoms with E-state index < -0.39 is 44.5 Å². The molecule has 3 aromatic rings. The third-order valence-corrected chi connectivity index (χ3v) is 14.1. The van der Waals surface area contributed by atoms with Crippen molar-refractivity contribution in [2.75, 3.05) is 39.2 Å². The van der Waals surface area contributed by atoms with E-state index >= 15 is 9.00 Å². The maximum absolute atomic E-state index is 15.4. The molecule has 0 spiro atoms. The number of urea groups is 1. The minimum atomic E-state index is -3.25. The van der Waals surface area contributed by atoms with Gasteiger partial charge in [-0.25, -0.2) is 13.8 Å². The van der Waals surface area contributed by atoms with Gasteiger partial charge >= 0.3 is 12.0 Å². The molecule has 5 atom stereocenters. The maximum atomic E-state index is 15.4. The average Bonchev–Trinajstić information content (AvgIpc) is 3.15. The predicted octanol–water partition coefficient (Wildman–Crippen LogP) is 8.32. The number of piperidine rings is 1. The minimum Gasteiger partial charge on any atom is -0.496 e. The Morgan fingerprint density at radius 1 is 0.982 bits per heavy atom. The molecule has 0 saturated carbocycles. The number of hydrogen-bond donors (Lipinski definition) is 1. The van der Waals surface area contributed by atoms with Gasteiger partial charge in [0.05, 0.1) is 47.3 Å². The number of Topliss-reactive ketones (excluding diaryl/α,β-unsaturated/α-hetero) is 1. The molecule has 5 rings (SSSR count). The maximum Gasteiger partial charge on any atom is 0.351 e. The fourth-order valence-electron chi connectivity index (χ4n) is 7.78. The molecule has 0 aliphatic carbocycles. The van der Waals surface area contributed by atoms with Gasteiger partial charge in [-0.05, 0) is 65.4 Å². The van der Waals surface area contributed by atoms with E-state index in [1.807, 2.05) is 44.2 Å². The van der Waals surface area contributed by atoms with Gasteiger partial charge < -0.3 is 24.4 Å². The van der Waals surface area contributed by atoms with Crippen LogP contribution in [-0.4, -0.2) is 93.3 Å². The van der Waals surface area contributed by atoms with Crippen molar-refractivity contribution < 1.29 is 38.0 Å². The lowest BCUT2D eigenvalue weighted by molar-refractivity contribution is -0.157. The topological polar surface area (TPSA) is 143 Å². The van der Waals surface area contributed by atoms with Crippen LogP contribution >= 0.6 is 23.2 Å². The molecule has 2 heterocycles. The Bertz CT molecular complexity index is 2060. The summed E-state index contributed by atoms with van der Waals surface area (Å²) in [6.45, 7) is 10.7. The van der Waals surface area contributed by atoms with E-state index in [0.717, 1.165) is 11.1 Å². The van der Waals surface area contributed by atoms with Crippen LogP contribution < -0.4 is 4.74 Å². The first kappa shape index (κ1) is 43.2. The minimum absolute atomic E-state index is 0.0255. The number of nitrogens with zero attached hydrogens (tertiary/aromatic N) is 3. The smallest absolute Gasteiger partial charge is 0.351 e. The molecule has 2 aliphatic rings. The fraction of sp³-hybridized carbons (Fsp3) is 0.476. The normalized spacial score (nSPS) is 21.8. The van der Waals surface area contributed by atoms with E-state index in [1.54, 1.807) is 54.8 Å². The van der Waals surface area contributed by atoms with Crippen LogP contribution in [0, 0.1) is 11.3 Å². The quantitative estimate of drug-likeness (QED) is 0.181. The molecule has 0 radical (unpaired) electrons. The zero-order chi connectivity index (χ0) is 40.9. The molecule has 56 heavy (non-hydrogen) atoms. The number of ether oxygens (including phenoxy) is 2. The molecule has 3 amide bonds. The predicted molar refractivity (Wildman–Crippen MR) is 218 cm³/mol. The SMILES string of the molecule is COc1cc(CC(=O)C[C@@]2(C)C[C@H](c3cccc(Cl)c3)[C@@H](c3ccc(Cl)cc3)N([C@H](CS(=O)(=NC(=O)N3CCOCC3)C(C)C)C(C)C)C2=O)ccc1C(=O)O. The van der Waals surface area contributed by atoms with Crippen LogP contribution in [0.1, 0.15) is 86.5 Å². The molecule has 302 valence electrons. The lowest BCUT2D eigenvalue weighted by Crippen LogP contribution is -2.59. The van der Waals surface area contributed by atoms with Crippen LogP contribution in [0.15, 0.2) is 71.1 Å². The third-order valence-electron chi connectivity index (χ3n) is 10.9. The van der Waals surface area contributed by atoms with Gasteiger partial charge in [-0.3, -0.25) is 9.59 Å². The van der Waals surface area contributed by atoms with Crippen LogP contribution in [0.5, 0.6) is 5.75 Å². The van der Waals surface area contributed by atoms with E-state index in [9.17, 15) is 19.5 Å². The number of amides is 3. The molecule has 3 aromatic carbocycles. The van der Waals surface area contributed by atoms with Crippen molar-refractivity contribution in [3.05, 3.63) is 99.0 Å². The number of methoxy groups -OCH3 is 1. The van der Waals surface area contributed by atoms with Gasteiger partial charge in [0.2, 0.25) is 5.91 Å². The summed E-state index contributed by atoms with van der Waals surface area (Å²) in [6, 6.07) is 17.5. The molecule has 14 heteroatoms. The number of carbonyl (C=O) groups is 4. The van der Waals surface area contributed by atoms with E-state index in [0.29, 0.717) is 41.9 Å². The van der Waals surface area contributed by atoms with Gasteiger partial charge in [-0.2, -0.15) is 0 Å². The zero-order valence-corrected chi connectivity index (χ0v) is 35.0. The number of hydrogen-bond acceptors (Lipinski definition) is 7. The van der Waals surface area contributed by atoms with Crippen molar-refractivity contribution in [3.8, 4) is 5.75 Å². The van der Waals surface area contributed by atoms with Crippen molar-refractivity contribution in [1.29, 1.82) is 0 Å².